The van der Waals surface area contributed by atoms with E-state index in [0.29, 0.717) is 49.4 Å². The zero-order valence-corrected chi connectivity index (χ0v) is 17.3. The van der Waals surface area contributed by atoms with Gasteiger partial charge in [0, 0.05) is 25.9 Å². The highest BCUT2D eigenvalue weighted by Gasteiger charge is 2.44. The van der Waals surface area contributed by atoms with Crippen molar-refractivity contribution in [3.63, 3.8) is 0 Å². The molecule has 2 aliphatic rings. The second kappa shape index (κ2) is 7.54. The maximum atomic E-state index is 12.8. The predicted molar refractivity (Wildman–Crippen MR) is 111 cm³/mol. The zero-order valence-electron chi connectivity index (χ0n) is 17.3. The molecule has 0 radical (unpaired) electrons. The molecule has 0 aromatic heterocycles. The Bertz CT molecular complexity index is 940. The summed E-state index contributed by atoms with van der Waals surface area (Å²) >= 11 is 0. The molecule has 2 aromatic rings. The highest BCUT2D eigenvalue weighted by molar-refractivity contribution is 6.01. The molecule has 1 amide bonds. The van der Waals surface area contributed by atoms with Crippen molar-refractivity contribution in [1.82, 2.24) is 4.90 Å². The van der Waals surface area contributed by atoms with E-state index >= 15 is 0 Å². The second-order valence-corrected chi connectivity index (χ2v) is 8.33. The van der Waals surface area contributed by atoms with Gasteiger partial charge in [-0.1, -0.05) is 23.8 Å². The highest BCUT2D eigenvalue weighted by Crippen LogP contribution is 2.41. The first-order valence-electron chi connectivity index (χ1n) is 10.2. The fourth-order valence-electron chi connectivity index (χ4n) is 4.25. The van der Waals surface area contributed by atoms with E-state index in [9.17, 15) is 9.59 Å². The number of hydrogen-bond donors (Lipinski definition) is 0. The number of Topliss-reactive ketones (excluding diaryl/α,β-unsaturated/α-hetero) is 1. The largest absolute Gasteiger partial charge is 0.486 e. The van der Waals surface area contributed by atoms with Crippen molar-refractivity contribution in [2.45, 2.75) is 45.6 Å². The molecule has 1 saturated heterocycles. The van der Waals surface area contributed by atoms with Crippen LogP contribution < -0.4 is 9.47 Å². The van der Waals surface area contributed by atoms with Gasteiger partial charge in [0.25, 0.3) is 5.91 Å². The number of amides is 1. The van der Waals surface area contributed by atoms with Gasteiger partial charge in [-0.2, -0.15) is 0 Å². The third-order valence-electron chi connectivity index (χ3n) is 5.93. The molecule has 2 aliphatic heterocycles. The Balaban J connectivity index is 1.38. The summed E-state index contributed by atoms with van der Waals surface area (Å²) in [5.41, 5.74) is 3.41. The van der Waals surface area contributed by atoms with Gasteiger partial charge in [0.2, 0.25) is 0 Å². The van der Waals surface area contributed by atoms with Crippen LogP contribution in [0.2, 0.25) is 0 Å². The highest BCUT2D eigenvalue weighted by atomic mass is 16.5. The molecule has 5 nitrogen and oxygen atoms in total. The molecular formula is C24H27NO4. The number of hydrogen-bond acceptors (Lipinski definition) is 4. The van der Waals surface area contributed by atoms with Crippen LogP contribution in [0.3, 0.4) is 0 Å². The van der Waals surface area contributed by atoms with Crippen LogP contribution in [-0.2, 0) is 4.79 Å². The lowest BCUT2D eigenvalue weighted by atomic mass is 9.81. The van der Waals surface area contributed by atoms with E-state index < -0.39 is 5.60 Å². The molecule has 5 heteroatoms. The number of aryl methyl sites for hydroxylation is 3. The Morgan fingerprint density at radius 1 is 1.07 bits per heavy atom. The Kier molecular flexibility index (Phi) is 5.07. The molecule has 2 aromatic carbocycles. The molecule has 0 N–H and O–H groups in total. The van der Waals surface area contributed by atoms with Gasteiger partial charge in [-0.05, 0) is 50.1 Å². The summed E-state index contributed by atoms with van der Waals surface area (Å²) in [6, 6.07) is 11.6. The molecule has 2 heterocycles. The summed E-state index contributed by atoms with van der Waals surface area (Å²) in [5, 5.41) is 0. The van der Waals surface area contributed by atoms with Gasteiger partial charge in [-0.3, -0.25) is 9.59 Å². The van der Waals surface area contributed by atoms with Crippen LogP contribution in [0.4, 0.5) is 0 Å². The summed E-state index contributed by atoms with van der Waals surface area (Å²) in [7, 11) is 0. The van der Waals surface area contributed by atoms with Crippen molar-refractivity contribution < 1.29 is 19.1 Å². The zero-order chi connectivity index (χ0) is 20.6. The monoisotopic (exact) mass is 393 g/mol. The summed E-state index contributed by atoms with van der Waals surface area (Å²) in [6.45, 7) is 7.16. The maximum absolute atomic E-state index is 12.8. The van der Waals surface area contributed by atoms with Gasteiger partial charge in [0.15, 0.2) is 12.4 Å². The number of nitrogens with zero attached hydrogens (tertiary/aromatic N) is 1. The van der Waals surface area contributed by atoms with Gasteiger partial charge in [0.1, 0.15) is 17.1 Å². The number of carbonyl (C=O) groups is 2. The third-order valence-corrected chi connectivity index (χ3v) is 5.93. The minimum Gasteiger partial charge on any atom is -0.486 e. The summed E-state index contributed by atoms with van der Waals surface area (Å²) < 4.78 is 12.0. The van der Waals surface area contributed by atoms with E-state index in [-0.39, 0.29) is 18.3 Å². The number of carbonyl (C=O) groups excluding carboxylic acids is 2. The van der Waals surface area contributed by atoms with Crippen molar-refractivity contribution in [2.24, 2.45) is 0 Å². The summed E-state index contributed by atoms with van der Waals surface area (Å²) in [5.74, 6) is 1.52. The van der Waals surface area contributed by atoms with Crippen LogP contribution in [0, 0.1) is 20.8 Å². The Hall–Kier alpha value is -2.82. The van der Waals surface area contributed by atoms with Gasteiger partial charge >= 0.3 is 0 Å². The van der Waals surface area contributed by atoms with E-state index in [2.05, 4.69) is 0 Å². The molecule has 152 valence electrons. The quantitative estimate of drug-likeness (QED) is 0.790. The van der Waals surface area contributed by atoms with E-state index in [1.54, 1.807) is 0 Å². The second-order valence-electron chi connectivity index (χ2n) is 8.33. The SMILES string of the molecule is Cc1ccc(OCC(=O)N2CCC3(CC2)CC(=O)c2cc(C)cc(C)c2O3)cc1. The number of fused-ring (bicyclic) bond motifs is 1. The fraction of sp³-hybridized carbons (Fsp3) is 0.417. The van der Waals surface area contributed by atoms with Crippen LogP contribution >= 0.6 is 0 Å². The number of likely N-dealkylation sites (tertiary alicyclic amines) is 1. The standard InChI is InChI=1S/C24H27NO4/c1-16-4-6-19(7-5-16)28-15-22(27)25-10-8-24(9-11-25)14-21(26)20-13-17(2)12-18(3)23(20)29-24/h4-7,12-13H,8-11,14-15H2,1-3H3. The molecular weight excluding hydrogens is 366 g/mol. The number of piperidine rings is 1. The molecule has 4 rings (SSSR count). The smallest absolute Gasteiger partial charge is 0.260 e. The van der Waals surface area contributed by atoms with Crippen molar-refractivity contribution in [2.75, 3.05) is 19.7 Å². The van der Waals surface area contributed by atoms with Crippen molar-refractivity contribution in [3.8, 4) is 11.5 Å². The van der Waals surface area contributed by atoms with E-state index in [1.165, 1.54) is 0 Å². The average molecular weight is 393 g/mol. The lowest BCUT2D eigenvalue weighted by Gasteiger charge is -2.44. The summed E-state index contributed by atoms with van der Waals surface area (Å²) in [4.78, 5) is 27.1. The third kappa shape index (κ3) is 4.00. The van der Waals surface area contributed by atoms with E-state index in [4.69, 9.17) is 9.47 Å². The molecule has 0 bridgehead atoms. The van der Waals surface area contributed by atoms with Gasteiger partial charge in [-0.15, -0.1) is 0 Å². The van der Waals surface area contributed by atoms with Gasteiger partial charge in [0.05, 0.1) is 12.0 Å². The predicted octanol–water partition coefficient (Wildman–Crippen LogP) is 4.02. The first-order valence-corrected chi connectivity index (χ1v) is 10.2. The van der Waals surface area contributed by atoms with Crippen molar-refractivity contribution in [3.05, 3.63) is 58.7 Å². The minimum absolute atomic E-state index is 0.0249. The van der Waals surface area contributed by atoms with Crippen molar-refractivity contribution >= 4 is 11.7 Å². The number of ketones is 1. The summed E-state index contributed by atoms with van der Waals surface area (Å²) in [6.07, 6.45) is 1.69. The van der Waals surface area contributed by atoms with Crippen LogP contribution in [0.15, 0.2) is 36.4 Å². The number of benzene rings is 2. The topological polar surface area (TPSA) is 55.8 Å². The average Bonchev–Trinajstić information content (AvgIpc) is 2.69. The fourth-order valence-corrected chi connectivity index (χ4v) is 4.25. The molecule has 1 spiro atoms. The lowest BCUT2D eigenvalue weighted by molar-refractivity contribution is -0.136. The lowest BCUT2D eigenvalue weighted by Crippen LogP contribution is -2.53. The normalized spacial score (nSPS) is 17.6. The Morgan fingerprint density at radius 2 is 1.76 bits per heavy atom. The molecule has 0 aliphatic carbocycles. The molecule has 0 unspecified atom stereocenters. The Labute approximate surface area is 171 Å². The first-order chi connectivity index (χ1) is 13.8. The molecule has 0 saturated carbocycles. The van der Waals surface area contributed by atoms with E-state index in [1.807, 2.05) is 62.1 Å². The molecule has 29 heavy (non-hydrogen) atoms. The van der Waals surface area contributed by atoms with Crippen LogP contribution in [-0.4, -0.2) is 41.9 Å². The molecule has 1 fully saturated rings. The Morgan fingerprint density at radius 3 is 2.45 bits per heavy atom. The number of ether oxygens (including phenoxy) is 2. The van der Waals surface area contributed by atoms with Gasteiger partial charge in [-0.25, -0.2) is 0 Å². The van der Waals surface area contributed by atoms with E-state index in [0.717, 1.165) is 16.7 Å². The van der Waals surface area contributed by atoms with Crippen LogP contribution in [0.5, 0.6) is 11.5 Å². The van der Waals surface area contributed by atoms with Crippen molar-refractivity contribution in [1.29, 1.82) is 0 Å². The molecule has 0 atom stereocenters. The number of rotatable bonds is 3. The van der Waals surface area contributed by atoms with Crippen LogP contribution in [0.1, 0.15) is 46.3 Å². The van der Waals surface area contributed by atoms with Crippen LogP contribution in [0.25, 0.3) is 0 Å². The minimum atomic E-state index is -0.501. The first kappa shape index (κ1) is 19.5. The maximum Gasteiger partial charge on any atom is 0.260 e. The van der Waals surface area contributed by atoms with Gasteiger partial charge < -0.3 is 14.4 Å².